The molecule has 0 saturated heterocycles. The van der Waals surface area contributed by atoms with Gasteiger partial charge in [-0.2, -0.15) is 0 Å². The summed E-state index contributed by atoms with van der Waals surface area (Å²) in [6.07, 6.45) is 2.21. The maximum atomic E-state index is 6.03. The minimum absolute atomic E-state index is 0.618. The molecule has 1 aromatic heterocycles. The van der Waals surface area contributed by atoms with Gasteiger partial charge in [-0.1, -0.05) is 48.4 Å². The van der Waals surface area contributed by atoms with E-state index in [1.807, 2.05) is 6.07 Å². The molecule has 0 radical (unpaired) electrons. The zero-order valence-corrected chi connectivity index (χ0v) is 13.7. The van der Waals surface area contributed by atoms with E-state index < -0.39 is 0 Å². The number of nitrogens with one attached hydrogen (secondary N) is 1. The van der Waals surface area contributed by atoms with Crippen molar-refractivity contribution >= 4 is 22.9 Å². The standard InChI is InChI=1S/C17H22ClNS/c1-3-19-12-15(11-16-8-9-17(18)20-16)10-14-6-4-13(2)5-7-14/h4-9,15,19H,3,10-12H2,1-2H3. The number of benzene rings is 1. The second-order valence-electron chi connectivity index (χ2n) is 5.27. The normalized spacial score (nSPS) is 12.6. The summed E-state index contributed by atoms with van der Waals surface area (Å²) >= 11 is 7.73. The number of rotatable bonds is 7. The minimum atomic E-state index is 0.618. The van der Waals surface area contributed by atoms with Gasteiger partial charge in [0.25, 0.3) is 0 Å². The Hall–Kier alpha value is -0.830. The van der Waals surface area contributed by atoms with E-state index in [0.29, 0.717) is 5.92 Å². The summed E-state index contributed by atoms with van der Waals surface area (Å²) in [5.74, 6) is 0.618. The maximum absolute atomic E-state index is 6.03. The highest BCUT2D eigenvalue weighted by Crippen LogP contribution is 2.25. The lowest BCUT2D eigenvalue weighted by Crippen LogP contribution is -2.25. The Balaban J connectivity index is 2.00. The lowest BCUT2D eigenvalue weighted by Gasteiger charge is -2.17. The van der Waals surface area contributed by atoms with Gasteiger partial charge in [0.1, 0.15) is 0 Å². The first-order valence-corrected chi connectivity index (χ1v) is 8.37. The summed E-state index contributed by atoms with van der Waals surface area (Å²) in [5, 5.41) is 3.48. The van der Waals surface area contributed by atoms with Crippen molar-refractivity contribution in [2.24, 2.45) is 5.92 Å². The summed E-state index contributed by atoms with van der Waals surface area (Å²) < 4.78 is 0.887. The lowest BCUT2D eigenvalue weighted by molar-refractivity contribution is 0.481. The third-order valence-corrected chi connectivity index (χ3v) is 4.70. The molecule has 0 bridgehead atoms. The van der Waals surface area contributed by atoms with Gasteiger partial charge in [0.05, 0.1) is 4.34 Å². The second kappa shape index (κ2) is 7.82. The van der Waals surface area contributed by atoms with Gasteiger partial charge >= 0.3 is 0 Å². The second-order valence-corrected chi connectivity index (χ2v) is 7.07. The van der Waals surface area contributed by atoms with Crippen LogP contribution in [0.1, 0.15) is 22.9 Å². The molecule has 2 rings (SSSR count). The van der Waals surface area contributed by atoms with E-state index in [9.17, 15) is 0 Å². The van der Waals surface area contributed by atoms with Crippen molar-refractivity contribution in [3.63, 3.8) is 0 Å². The van der Waals surface area contributed by atoms with Crippen LogP contribution in [0, 0.1) is 12.8 Å². The van der Waals surface area contributed by atoms with Crippen molar-refractivity contribution in [3.05, 3.63) is 56.7 Å². The van der Waals surface area contributed by atoms with Gasteiger partial charge < -0.3 is 5.32 Å². The molecule has 1 aromatic carbocycles. The zero-order chi connectivity index (χ0) is 14.4. The van der Waals surface area contributed by atoms with Gasteiger partial charge in [0.15, 0.2) is 0 Å². The highest BCUT2D eigenvalue weighted by atomic mass is 35.5. The van der Waals surface area contributed by atoms with Crippen LogP contribution >= 0.6 is 22.9 Å². The molecule has 1 N–H and O–H groups in total. The van der Waals surface area contributed by atoms with Crippen LogP contribution in [-0.4, -0.2) is 13.1 Å². The largest absolute Gasteiger partial charge is 0.317 e. The first-order chi connectivity index (χ1) is 9.67. The molecule has 2 aromatic rings. The Morgan fingerprint density at radius 1 is 1.10 bits per heavy atom. The molecule has 0 aliphatic carbocycles. The molecule has 0 aliphatic heterocycles. The molecule has 20 heavy (non-hydrogen) atoms. The van der Waals surface area contributed by atoms with Crippen LogP contribution < -0.4 is 5.32 Å². The predicted octanol–water partition coefficient (Wildman–Crippen LogP) is 4.72. The quantitative estimate of drug-likeness (QED) is 0.780. The Morgan fingerprint density at radius 3 is 2.45 bits per heavy atom. The topological polar surface area (TPSA) is 12.0 Å². The van der Waals surface area contributed by atoms with Crippen LogP contribution in [0.15, 0.2) is 36.4 Å². The molecule has 1 heterocycles. The highest BCUT2D eigenvalue weighted by Gasteiger charge is 2.12. The van der Waals surface area contributed by atoms with E-state index in [1.165, 1.54) is 16.0 Å². The molecule has 0 amide bonds. The Morgan fingerprint density at radius 2 is 1.85 bits per heavy atom. The van der Waals surface area contributed by atoms with Crippen molar-refractivity contribution in [1.29, 1.82) is 0 Å². The third-order valence-electron chi connectivity index (χ3n) is 3.45. The average Bonchev–Trinajstić information content (AvgIpc) is 2.84. The first-order valence-electron chi connectivity index (χ1n) is 7.18. The van der Waals surface area contributed by atoms with E-state index in [0.717, 1.165) is 30.3 Å². The summed E-state index contributed by atoms with van der Waals surface area (Å²) in [4.78, 5) is 1.38. The van der Waals surface area contributed by atoms with Gasteiger partial charge in [-0.3, -0.25) is 0 Å². The molecule has 1 atom stereocenters. The summed E-state index contributed by atoms with van der Waals surface area (Å²) in [5.41, 5.74) is 2.74. The van der Waals surface area contributed by atoms with Crippen molar-refractivity contribution < 1.29 is 0 Å². The molecule has 3 heteroatoms. The van der Waals surface area contributed by atoms with Crippen LogP contribution in [0.25, 0.3) is 0 Å². The number of halogens is 1. The fourth-order valence-electron chi connectivity index (χ4n) is 2.37. The molecule has 0 fully saturated rings. The Kier molecular flexibility index (Phi) is 6.08. The van der Waals surface area contributed by atoms with E-state index >= 15 is 0 Å². The fraction of sp³-hybridized carbons (Fsp3) is 0.412. The third kappa shape index (κ3) is 4.93. The SMILES string of the molecule is CCNCC(Cc1ccc(C)cc1)Cc1ccc(Cl)s1. The van der Waals surface area contributed by atoms with Gasteiger partial charge in [0.2, 0.25) is 0 Å². The number of aryl methyl sites for hydroxylation is 1. The summed E-state index contributed by atoms with van der Waals surface area (Å²) in [6, 6.07) is 13.0. The van der Waals surface area contributed by atoms with E-state index in [4.69, 9.17) is 11.6 Å². The molecule has 108 valence electrons. The van der Waals surface area contributed by atoms with E-state index in [-0.39, 0.29) is 0 Å². The van der Waals surface area contributed by atoms with Crippen molar-refractivity contribution in [3.8, 4) is 0 Å². The lowest BCUT2D eigenvalue weighted by atomic mass is 9.95. The molecule has 1 nitrogen and oxygen atoms in total. The van der Waals surface area contributed by atoms with Crippen LogP contribution in [0.5, 0.6) is 0 Å². The molecule has 0 spiro atoms. The van der Waals surface area contributed by atoms with Gasteiger partial charge in [0, 0.05) is 4.88 Å². The molecule has 0 aliphatic rings. The van der Waals surface area contributed by atoms with Crippen LogP contribution in [0.3, 0.4) is 0 Å². The number of thiophene rings is 1. The molecular weight excluding hydrogens is 286 g/mol. The average molecular weight is 308 g/mol. The van der Waals surface area contributed by atoms with Gasteiger partial charge in [-0.05, 0) is 56.5 Å². The summed E-state index contributed by atoms with van der Waals surface area (Å²) in [7, 11) is 0. The highest BCUT2D eigenvalue weighted by molar-refractivity contribution is 7.16. The maximum Gasteiger partial charge on any atom is 0.0931 e. The minimum Gasteiger partial charge on any atom is -0.317 e. The molecular formula is C17H22ClNS. The zero-order valence-electron chi connectivity index (χ0n) is 12.2. The number of hydrogen-bond acceptors (Lipinski definition) is 2. The smallest absolute Gasteiger partial charge is 0.0931 e. The van der Waals surface area contributed by atoms with E-state index in [1.54, 1.807) is 11.3 Å². The Bertz CT molecular complexity index is 518. The van der Waals surface area contributed by atoms with Crippen LogP contribution in [0.4, 0.5) is 0 Å². The van der Waals surface area contributed by atoms with Crippen molar-refractivity contribution in [2.45, 2.75) is 26.7 Å². The van der Waals surface area contributed by atoms with E-state index in [2.05, 4.69) is 49.5 Å². The molecule has 1 unspecified atom stereocenters. The molecule has 0 saturated carbocycles. The van der Waals surface area contributed by atoms with Gasteiger partial charge in [-0.15, -0.1) is 11.3 Å². The predicted molar refractivity (Wildman–Crippen MR) is 89.9 cm³/mol. The van der Waals surface area contributed by atoms with Gasteiger partial charge in [-0.25, -0.2) is 0 Å². The van der Waals surface area contributed by atoms with Crippen molar-refractivity contribution in [1.82, 2.24) is 5.32 Å². The van der Waals surface area contributed by atoms with Crippen LogP contribution in [-0.2, 0) is 12.8 Å². The Labute approximate surface area is 131 Å². The fourth-order valence-corrected chi connectivity index (χ4v) is 3.57. The number of hydrogen-bond donors (Lipinski definition) is 1. The van der Waals surface area contributed by atoms with Crippen LogP contribution in [0.2, 0.25) is 4.34 Å². The summed E-state index contributed by atoms with van der Waals surface area (Å²) in [6.45, 7) is 6.37. The first kappa shape index (κ1) is 15.6. The monoisotopic (exact) mass is 307 g/mol. The van der Waals surface area contributed by atoms with Crippen molar-refractivity contribution in [2.75, 3.05) is 13.1 Å².